The lowest BCUT2D eigenvalue weighted by atomic mass is 10.1. The normalized spacial score (nSPS) is 12.5. The second-order valence-corrected chi connectivity index (χ2v) is 3.82. The molecule has 2 nitrogen and oxygen atoms in total. The smallest absolute Gasteiger partial charge is 0.123 e. The fourth-order valence-corrected chi connectivity index (χ4v) is 1.45. The van der Waals surface area contributed by atoms with E-state index in [4.69, 9.17) is 9.84 Å². The lowest BCUT2D eigenvalue weighted by molar-refractivity contribution is 0.128. The van der Waals surface area contributed by atoms with E-state index in [0.717, 1.165) is 12.2 Å². The van der Waals surface area contributed by atoms with Crippen LogP contribution in [-0.4, -0.2) is 17.8 Å². The first kappa shape index (κ1) is 12.1. The highest BCUT2D eigenvalue weighted by Crippen LogP contribution is 2.21. The molecule has 0 aliphatic heterocycles. The zero-order chi connectivity index (χ0) is 11.1. The molecule has 2 heteroatoms. The molecule has 15 heavy (non-hydrogen) atoms. The number of hydrogen-bond acceptors (Lipinski definition) is 2. The minimum Gasteiger partial charge on any atom is -0.488 e. The van der Waals surface area contributed by atoms with Gasteiger partial charge in [0, 0.05) is 0 Å². The van der Waals surface area contributed by atoms with Gasteiger partial charge in [-0.2, -0.15) is 0 Å². The van der Waals surface area contributed by atoms with Crippen LogP contribution >= 0.6 is 0 Å². The quantitative estimate of drug-likeness (QED) is 0.779. The monoisotopic (exact) mass is 208 g/mol. The van der Waals surface area contributed by atoms with Crippen molar-refractivity contribution >= 4 is 0 Å². The fourth-order valence-electron chi connectivity index (χ4n) is 1.45. The largest absolute Gasteiger partial charge is 0.488 e. The molecule has 0 radical (unpaired) electrons. The lowest BCUT2D eigenvalue weighted by Crippen LogP contribution is -2.17. The zero-order valence-electron chi connectivity index (χ0n) is 9.57. The van der Waals surface area contributed by atoms with Crippen LogP contribution in [0.15, 0.2) is 24.3 Å². The summed E-state index contributed by atoms with van der Waals surface area (Å²) in [5.41, 5.74) is 1.24. The SMILES string of the molecule is CCCCc1ccccc1OC(C)CO. The Morgan fingerprint density at radius 2 is 2.07 bits per heavy atom. The van der Waals surface area contributed by atoms with E-state index in [1.165, 1.54) is 18.4 Å². The van der Waals surface area contributed by atoms with Crippen molar-refractivity contribution in [2.24, 2.45) is 0 Å². The Morgan fingerprint density at radius 1 is 1.33 bits per heavy atom. The molecular weight excluding hydrogens is 188 g/mol. The molecule has 1 atom stereocenters. The van der Waals surface area contributed by atoms with Crippen LogP contribution in [0, 0.1) is 0 Å². The van der Waals surface area contributed by atoms with Gasteiger partial charge < -0.3 is 9.84 Å². The molecule has 0 aliphatic rings. The van der Waals surface area contributed by atoms with Crippen LogP contribution in [-0.2, 0) is 6.42 Å². The Balaban J connectivity index is 2.67. The molecule has 1 aromatic carbocycles. The predicted octanol–water partition coefficient (Wildman–Crippen LogP) is 2.79. The van der Waals surface area contributed by atoms with Gasteiger partial charge >= 0.3 is 0 Å². The summed E-state index contributed by atoms with van der Waals surface area (Å²) in [6, 6.07) is 8.06. The van der Waals surface area contributed by atoms with Crippen molar-refractivity contribution in [3.05, 3.63) is 29.8 Å². The van der Waals surface area contributed by atoms with Gasteiger partial charge in [-0.05, 0) is 31.4 Å². The van der Waals surface area contributed by atoms with Crippen molar-refractivity contribution in [2.75, 3.05) is 6.61 Å². The molecule has 1 N–H and O–H groups in total. The molecule has 84 valence electrons. The Hall–Kier alpha value is -1.02. The van der Waals surface area contributed by atoms with Gasteiger partial charge in [-0.15, -0.1) is 0 Å². The maximum absolute atomic E-state index is 8.94. The predicted molar refractivity (Wildman–Crippen MR) is 62.2 cm³/mol. The number of aliphatic hydroxyl groups is 1. The Kier molecular flexibility index (Phi) is 5.19. The van der Waals surface area contributed by atoms with Gasteiger partial charge in [0.25, 0.3) is 0 Å². The second kappa shape index (κ2) is 6.46. The molecular formula is C13H20O2. The fraction of sp³-hybridized carbons (Fsp3) is 0.538. The van der Waals surface area contributed by atoms with Gasteiger partial charge in [-0.25, -0.2) is 0 Å². The van der Waals surface area contributed by atoms with Crippen molar-refractivity contribution in [1.82, 2.24) is 0 Å². The molecule has 0 amide bonds. The standard InChI is InChI=1S/C13H20O2/c1-3-4-7-12-8-5-6-9-13(12)15-11(2)10-14/h5-6,8-9,11,14H,3-4,7,10H2,1-2H3. The van der Waals surface area contributed by atoms with E-state index in [2.05, 4.69) is 13.0 Å². The summed E-state index contributed by atoms with van der Waals surface area (Å²) >= 11 is 0. The third-order valence-corrected chi connectivity index (χ3v) is 2.36. The topological polar surface area (TPSA) is 29.5 Å². The first-order valence-corrected chi connectivity index (χ1v) is 5.63. The van der Waals surface area contributed by atoms with E-state index in [1.54, 1.807) is 0 Å². The van der Waals surface area contributed by atoms with Crippen LogP contribution in [0.4, 0.5) is 0 Å². The van der Waals surface area contributed by atoms with Crippen molar-refractivity contribution in [1.29, 1.82) is 0 Å². The summed E-state index contributed by atoms with van der Waals surface area (Å²) in [6.45, 7) is 4.11. The summed E-state index contributed by atoms with van der Waals surface area (Å²) in [7, 11) is 0. The number of hydrogen-bond donors (Lipinski definition) is 1. The summed E-state index contributed by atoms with van der Waals surface area (Å²) in [5, 5.41) is 8.94. The minimum absolute atomic E-state index is 0.0577. The Bertz CT molecular complexity index is 284. The summed E-state index contributed by atoms with van der Waals surface area (Å²) < 4.78 is 5.64. The van der Waals surface area contributed by atoms with E-state index in [1.807, 2.05) is 25.1 Å². The highest BCUT2D eigenvalue weighted by molar-refractivity contribution is 5.33. The van der Waals surface area contributed by atoms with Crippen LogP contribution < -0.4 is 4.74 Å². The van der Waals surface area contributed by atoms with Crippen LogP contribution in [0.25, 0.3) is 0 Å². The summed E-state index contributed by atoms with van der Waals surface area (Å²) in [6.07, 6.45) is 3.27. The van der Waals surface area contributed by atoms with Crippen molar-refractivity contribution < 1.29 is 9.84 Å². The summed E-state index contributed by atoms with van der Waals surface area (Å²) in [4.78, 5) is 0. The molecule has 1 aromatic rings. The average Bonchev–Trinajstić information content (AvgIpc) is 2.28. The molecule has 0 saturated heterocycles. The third-order valence-electron chi connectivity index (χ3n) is 2.36. The number of unbranched alkanes of at least 4 members (excludes halogenated alkanes) is 1. The second-order valence-electron chi connectivity index (χ2n) is 3.82. The van der Waals surface area contributed by atoms with Crippen molar-refractivity contribution in [2.45, 2.75) is 39.2 Å². The van der Waals surface area contributed by atoms with E-state index in [-0.39, 0.29) is 12.7 Å². The molecule has 1 rings (SSSR count). The zero-order valence-corrected chi connectivity index (χ0v) is 9.57. The molecule has 1 unspecified atom stereocenters. The highest BCUT2D eigenvalue weighted by Gasteiger charge is 2.06. The number of aryl methyl sites for hydroxylation is 1. The van der Waals surface area contributed by atoms with E-state index in [9.17, 15) is 0 Å². The number of benzene rings is 1. The van der Waals surface area contributed by atoms with Crippen LogP contribution in [0.5, 0.6) is 5.75 Å². The highest BCUT2D eigenvalue weighted by atomic mass is 16.5. The van der Waals surface area contributed by atoms with Crippen LogP contribution in [0.1, 0.15) is 32.3 Å². The number of ether oxygens (including phenoxy) is 1. The molecule has 0 bridgehead atoms. The van der Waals surface area contributed by atoms with Gasteiger partial charge in [0.1, 0.15) is 11.9 Å². The van der Waals surface area contributed by atoms with Crippen molar-refractivity contribution in [3.8, 4) is 5.75 Å². The van der Waals surface area contributed by atoms with Crippen LogP contribution in [0.3, 0.4) is 0 Å². The maximum Gasteiger partial charge on any atom is 0.123 e. The minimum atomic E-state index is -0.132. The van der Waals surface area contributed by atoms with E-state index in [0.29, 0.717) is 0 Å². The third kappa shape index (κ3) is 3.92. The van der Waals surface area contributed by atoms with Crippen LogP contribution in [0.2, 0.25) is 0 Å². The first-order valence-electron chi connectivity index (χ1n) is 5.63. The van der Waals surface area contributed by atoms with Gasteiger partial charge in [-0.1, -0.05) is 31.5 Å². The molecule has 0 spiro atoms. The van der Waals surface area contributed by atoms with Gasteiger partial charge in [-0.3, -0.25) is 0 Å². The molecule has 0 saturated carbocycles. The van der Waals surface area contributed by atoms with Crippen molar-refractivity contribution in [3.63, 3.8) is 0 Å². The van der Waals surface area contributed by atoms with Gasteiger partial charge in [0.05, 0.1) is 6.61 Å². The maximum atomic E-state index is 8.94. The molecule has 0 fully saturated rings. The Labute approximate surface area is 91.9 Å². The number of para-hydroxylation sites is 1. The molecule has 0 heterocycles. The first-order chi connectivity index (χ1) is 7.27. The Morgan fingerprint density at radius 3 is 2.73 bits per heavy atom. The van der Waals surface area contributed by atoms with Gasteiger partial charge in [0.15, 0.2) is 0 Å². The molecule has 0 aliphatic carbocycles. The average molecular weight is 208 g/mol. The lowest BCUT2D eigenvalue weighted by Gasteiger charge is -2.15. The van der Waals surface area contributed by atoms with E-state index < -0.39 is 0 Å². The van der Waals surface area contributed by atoms with E-state index >= 15 is 0 Å². The number of aliphatic hydroxyl groups excluding tert-OH is 1. The van der Waals surface area contributed by atoms with Gasteiger partial charge in [0.2, 0.25) is 0 Å². The number of rotatable bonds is 6. The molecule has 0 aromatic heterocycles. The summed E-state index contributed by atoms with van der Waals surface area (Å²) in [5.74, 6) is 0.910.